The Morgan fingerprint density at radius 3 is 2.55 bits per heavy atom. The molecule has 1 aromatic heterocycles. The van der Waals surface area contributed by atoms with Crippen molar-refractivity contribution < 1.29 is 28.6 Å². The van der Waals surface area contributed by atoms with E-state index in [0.29, 0.717) is 38.5 Å². The minimum atomic E-state index is -0.500. The van der Waals surface area contributed by atoms with Gasteiger partial charge in [0.25, 0.3) is 5.91 Å². The number of hydrogen-bond acceptors (Lipinski definition) is 7. The molecule has 0 radical (unpaired) electrons. The molecular formula is C22H22N2O6S. The Bertz CT molecular complexity index is 1190. The van der Waals surface area contributed by atoms with Crippen LogP contribution in [0.2, 0.25) is 0 Å². The summed E-state index contributed by atoms with van der Waals surface area (Å²) in [6, 6.07) is 11.8. The second-order valence-electron chi connectivity index (χ2n) is 6.30. The number of rotatable bonds is 7. The van der Waals surface area contributed by atoms with Crippen LogP contribution in [0.5, 0.6) is 5.75 Å². The minimum absolute atomic E-state index is 0.130. The lowest BCUT2D eigenvalue weighted by Crippen LogP contribution is -2.22. The Kier molecular flexibility index (Phi) is 7.19. The van der Waals surface area contributed by atoms with Crippen LogP contribution in [-0.4, -0.2) is 42.7 Å². The first-order valence-corrected chi connectivity index (χ1v) is 10.5. The molecule has 0 aliphatic rings. The fraction of sp³-hybridized carbons (Fsp3) is 0.273. The molecule has 3 rings (SSSR count). The van der Waals surface area contributed by atoms with Gasteiger partial charge in [-0.25, -0.2) is 4.79 Å². The van der Waals surface area contributed by atoms with Crippen molar-refractivity contribution in [3.63, 3.8) is 0 Å². The summed E-state index contributed by atoms with van der Waals surface area (Å²) in [5.74, 6) is -1.00. The molecule has 0 N–H and O–H groups in total. The molecule has 0 aliphatic heterocycles. The van der Waals surface area contributed by atoms with E-state index in [9.17, 15) is 14.4 Å². The molecule has 1 heterocycles. The predicted molar refractivity (Wildman–Crippen MR) is 115 cm³/mol. The fourth-order valence-corrected chi connectivity index (χ4v) is 3.99. The van der Waals surface area contributed by atoms with E-state index in [0.717, 1.165) is 0 Å². The first-order chi connectivity index (χ1) is 15.0. The number of benzene rings is 2. The normalized spacial score (nSPS) is 11.4. The van der Waals surface area contributed by atoms with E-state index in [2.05, 4.69) is 4.99 Å². The van der Waals surface area contributed by atoms with Crippen LogP contribution in [0.25, 0.3) is 10.2 Å². The molecule has 2 aromatic carbocycles. The van der Waals surface area contributed by atoms with Gasteiger partial charge in [-0.1, -0.05) is 23.5 Å². The second-order valence-corrected chi connectivity index (χ2v) is 7.31. The van der Waals surface area contributed by atoms with Crippen LogP contribution < -0.4 is 9.54 Å². The van der Waals surface area contributed by atoms with Gasteiger partial charge in [0.2, 0.25) is 0 Å². The van der Waals surface area contributed by atoms with Crippen molar-refractivity contribution in [2.45, 2.75) is 20.4 Å². The number of carbonyl (C=O) groups is 3. The molecule has 0 saturated carbocycles. The highest BCUT2D eigenvalue weighted by molar-refractivity contribution is 7.16. The highest BCUT2D eigenvalue weighted by Crippen LogP contribution is 2.22. The molecule has 0 bridgehead atoms. The number of aromatic nitrogens is 1. The first kappa shape index (κ1) is 22.2. The number of para-hydroxylation sites is 1. The summed E-state index contributed by atoms with van der Waals surface area (Å²) in [4.78, 5) is 41.5. The highest BCUT2D eigenvalue weighted by atomic mass is 32.1. The standard InChI is InChI=1S/C22H22N2O6S/c1-4-29-17-9-7-6-8-15(17)20(26)23-22-24(13-19(25)28-3)16-11-10-14(12-18(16)31-22)21(27)30-5-2/h6-12H,4-5,13H2,1-3H3. The van der Waals surface area contributed by atoms with Gasteiger partial charge in [-0.3, -0.25) is 9.59 Å². The molecule has 1 amide bonds. The fourth-order valence-electron chi connectivity index (χ4n) is 2.92. The Balaban J connectivity index is 2.13. The van der Waals surface area contributed by atoms with Crippen LogP contribution in [0.3, 0.4) is 0 Å². The van der Waals surface area contributed by atoms with Crippen molar-refractivity contribution >= 4 is 39.4 Å². The zero-order chi connectivity index (χ0) is 22.4. The minimum Gasteiger partial charge on any atom is -0.493 e. The van der Waals surface area contributed by atoms with Crippen LogP contribution >= 0.6 is 11.3 Å². The summed E-state index contributed by atoms with van der Waals surface area (Å²) >= 11 is 1.19. The molecule has 3 aromatic rings. The third-order valence-corrected chi connectivity index (χ3v) is 5.36. The molecule has 8 nitrogen and oxygen atoms in total. The number of ether oxygens (including phenoxy) is 3. The Morgan fingerprint density at radius 2 is 1.84 bits per heavy atom. The lowest BCUT2D eigenvalue weighted by atomic mass is 10.2. The zero-order valence-corrected chi connectivity index (χ0v) is 18.2. The molecule has 0 fully saturated rings. The van der Waals surface area contributed by atoms with Crippen molar-refractivity contribution in [1.29, 1.82) is 0 Å². The average molecular weight is 442 g/mol. The van der Waals surface area contributed by atoms with Crippen LogP contribution in [-0.2, 0) is 20.8 Å². The number of thiazole rings is 1. The van der Waals surface area contributed by atoms with Gasteiger partial charge in [0.1, 0.15) is 12.3 Å². The van der Waals surface area contributed by atoms with E-state index < -0.39 is 17.8 Å². The maximum atomic E-state index is 12.9. The number of amides is 1. The van der Waals surface area contributed by atoms with E-state index in [-0.39, 0.29) is 13.2 Å². The predicted octanol–water partition coefficient (Wildman–Crippen LogP) is 3.19. The second kappa shape index (κ2) is 10.0. The topological polar surface area (TPSA) is 96.2 Å². The molecule has 0 atom stereocenters. The number of nitrogens with zero attached hydrogens (tertiary/aromatic N) is 2. The first-order valence-electron chi connectivity index (χ1n) is 9.66. The van der Waals surface area contributed by atoms with Gasteiger partial charge in [0.05, 0.1) is 41.7 Å². The van der Waals surface area contributed by atoms with Crippen molar-refractivity contribution in [2.75, 3.05) is 20.3 Å². The Hall–Kier alpha value is -3.46. The van der Waals surface area contributed by atoms with Gasteiger partial charge in [-0.2, -0.15) is 4.99 Å². The summed E-state index contributed by atoms with van der Waals surface area (Å²) in [5.41, 5.74) is 1.34. The van der Waals surface area contributed by atoms with E-state index in [1.807, 2.05) is 6.92 Å². The van der Waals surface area contributed by atoms with Gasteiger partial charge < -0.3 is 18.8 Å². The summed E-state index contributed by atoms with van der Waals surface area (Å²) in [6.45, 7) is 4.10. The van der Waals surface area contributed by atoms with E-state index >= 15 is 0 Å². The molecule has 0 saturated heterocycles. The maximum Gasteiger partial charge on any atom is 0.338 e. The number of hydrogen-bond donors (Lipinski definition) is 0. The highest BCUT2D eigenvalue weighted by Gasteiger charge is 2.16. The van der Waals surface area contributed by atoms with Gasteiger partial charge >= 0.3 is 11.9 Å². The van der Waals surface area contributed by atoms with Crippen LogP contribution in [0.1, 0.15) is 34.6 Å². The summed E-state index contributed by atoms with van der Waals surface area (Å²) in [7, 11) is 1.29. The van der Waals surface area contributed by atoms with Crippen LogP contribution in [0.15, 0.2) is 47.5 Å². The lowest BCUT2D eigenvalue weighted by Gasteiger charge is -2.07. The van der Waals surface area contributed by atoms with E-state index in [1.54, 1.807) is 54.0 Å². The van der Waals surface area contributed by atoms with E-state index in [1.165, 1.54) is 18.4 Å². The molecule has 0 aliphatic carbocycles. The number of carbonyl (C=O) groups excluding carboxylic acids is 3. The number of methoxy groups -OCH3 is 1. The van der Waals surface area contributed by atoms with Gasteiger partial charge in [0, 0.05) is 0 Å². The summed E-state index contributed by atoms with van der Waals surface area (Å²) < 4.78 is 17.6. The quantitative estimate of drug-likeness (QED) is 0.522. The summed E-state index contributed by atoms with van der Waals surface area (Å²) in [6.07, 6.45) is 0. The number of esters is 2. The third-order valence-electron chi connectivity index (χ3n) is 4.32. The van der Waals surface area contributed by atoms with Gasteiger partial charge in [-0.05, 0) is 44.2 Å². The SMILES string of the molecule is CCOC(=O)c1ccc2c(c1)sc(=NC(=O)c1ccccc1OCC)n2CC(=O)OC. The van der Waals surface area contributed by atoms with Crippen LogP contribution in [0, 0.1) is 0 Å². The lowest BCUT2D eigenvalue weighted by molar-refractivity contribution is -0.141. The molecule has 9 heteroatoms. The molecule has 0 spiro atoms. The largest absolute Gasteiger partial charge is 0.493 e. The van der Waals surface area contributed by atoms with Gasteiger partial charge in [-0.15, -0.1) is 0 Å². The molecular weight excluding hydrogens is 420 g/mol. The average Bonchev–Trinajstić information content (AvgIpc) is 3.10. The molecule has 0 unspecified atom stereocenters. The number of fused-ring (bicyclic) bond motifs is 1. The smallest absolute Gasteiger partial charge is 0.338 e. The van der Waals surface area contributed by atoms with E-state index in [4.69, 9.17) is 14.2 Å². The van der Waals surface area contributed by atoms with Crippen molar-refractivity contribution in [3.05, 3.63) is 58.4 Å². The van der Waals surface area contributed by atoms with Crippen molar-refractivity contribution in [3.8, 4) is 5.75 Å². The van der Waals surface area contributed by atoms with Crippen molar-refractivity contribution in [1.82, 2.24) is 4.57 Å². The maximum absolute atomic E-state index is 12.9. The monoisotopic (exact) mass is 442 g/mol. The summed E-state index contributed by atoms with van der Waals surface area (Å²) in [5, 5.41) is 0. The van der Waals surface area contributed by atoms with Crippen molar-refractivity contribution in [2.24, 2.45) is 4.99 Å². The third kappa shape index (κ3) is 5.00. The molecule has 162 valence electrons. The Labute approximate surface area is 182 Å². The van der Waals surface area contributed by atoms with Gasteiger partial charge in [0.15, 0.2) is 4.80 Å². The van der Waals surface area contributed by atoms with Crippen LogP contribution in [0.4, 0.5) is 0 Å². The Morgan fingerprint density at radius 1 is 1.06 bits per heavy atom. The molecule has 31 heavy (non-hydrogen) atoms. The zero-order valence-electron chi connectivity index (χ0n) is 17.4.